The van der Waals surface area contributed by atoms with Crippen LogP contribution in [0.25, 0.3) is 0 Å². The van der Waals surface area contributed by atoms with Crippen LogP contribution >= 0.6 is 11.6 Å². The lowest BCUT2D eigenvalue weighted by Crippen LogP contribution is -2.84. The summed E-state index contributed by atoms with van der Waals surface area (Å²) in [5, 5.41) is 2.94. The highest BCUT2D eigenvalue weighted by Gasteiger charge is 2.25. The molecule has 0 aliphatic heterocycles. The van der Waals surface area contributed by atoms with Crippen molar-refractivity contribution in [2.45, 2.75) is 25.4 Å². The number of quaternary nitrogens is 1. The van der Waals surface area contributed by atoms with Crippen molar-refractivity contribution in [3.8, 4) is 11.5 Å². The molecule has 1 aliphatic carbocycles. The molecule has 0 saturated heterocycles. The lowest BCUT2D eigenvalue weighted by molar-refractivity contribution is -0.683. The molecule has 0 heterocycles. The molecule has 98 valence electrons. The van der Waals surface area contributed by atoms with Crippen molar-refractivity contribution >= 4 is 11.6 Å². The van der Waals surface area contributed by atoms with Gasteiger partial charge in [-0.1, -0.05) is 24.3 Å². The Bertz CT molecular complexity index is 430. The Balaban J connectivity index is 2.12. The maximum Gasteiger partial charge on any atom is 0.180 e. The van der Waals surface area contributed by atoms with Crippen LogP contribution in [0.15, 0.2) is 24.8 Å². The number of halogens is 1. The predicted molar refractivity (Wildman–Crippen MR) is 72.3 cm³/mol. The van der Waals surface area contributed by atoms with Gasteiger partial charge in [0, 0.05) is 18.4 Å². The Morgan fingerprint density at radius 3 is 2.89 bits per heavy atom. The molecule has 1 aromatic carbocycles. The second-order valence-corrected chi connectivity index (χ2v) is 4.89. The lowest BCUT2D eigenvalue weighted by atomic mass is 10.2. The fourth-order valence-electron chi connectivity index (χ4n) is 1.81. The van der Waals surface area contributed by atoms with Gasteiger partial charge in [0.05, 0.1) is 18.2 Å². The molecule has 1 saturated carbocycles. The molecule has 3 nitrogen and oxygen atoms in total. The van der Waals surface area contributed by atoms with Crippen LogP contribution in [0.3, 0.4) is 0 Å². The zero-order chi connectivity index (χ0) is 13.0. The standard InChI is InChI=1S/C14H18ClNO2/c1-3-6-18-14-12(15)7-10(8-13(14)17-2)9-16-11-4-5-11/h3,7-8,11,16H,1,4-6,9H2,2H3/p+1. The quantitative estimate of drug-likeness (QED) is 0.769. The van der Waals surface area contributed by atoms with Crippen LogP contribution in [0.1, 0.15) is 18.4 Å². The van der Waals surface area contributed by atoms with Crippen molar-refractivity contribution < 1.29 is 14.8 Å². The highest BCUT2D eigenvalue weighted by atomic mass is 35.5. The van der Waals surface area contributed by atoms with Crippen LogP contribution in [0.5, 0.6) is 11.5 Å². The highest BCUT2D eigenvalue weighted by molar-refractivity contribution is 6.32. The van der Waals surface area contributed by atoms with Gasteiger partial charge in [-0.25, -0.2) is 0 Å². The van der Waals surface area contributed by atoms with E-state index in [1.807, 2.05) is 12.1 Å². The minimum Gasteiger partial charge on any atom is -0.493 e. The average Bonchev–Trinajstić information content (AvgIpc) is 3.18. The summed E-state index contributed by atoms with van der Waals surface area (Å²) in [7, 11) is 1.63. The Hall–Kier alpha value is -1.19. The Morgan fingerprint density at radius 1 is 1.50 bits per heavy atom. The van der Waals surface area contributed by atoms with Crippen molar-refractivity contribution in [3.63, 3.8) is 0 Å². The molecule has 0 bridgehead atoms. The van der Waals surface area contributed by atoms with Crippen LogP contribution < -0.4 is 14.8 Å². The summed E-state index contributed by atoms with van der Waals surface area (Å²) in [5.41, 5.74) is 1.16. The third-order valence-electron chi connectivity index (χ3n) is 2.94. The molecule has 1 aliphatic rings. The summed E-state index contributed by atoms with van der Waals surface area (Å²) >= 11 is 6.23. The van der Waals surface area contributed by atoms with E-state index in [2.05, 4.69) is 11.9 Å². The molecule has 1 fully saturated rings. The highest BCUT2D eigenvalue weighted by Crippen LogP contribution is 2.36. The third-order valence-corrected chi connectivity index (χ3v) is 3.22. The summed E-state index contributed by atoms with van der Waals surface area (Å²) in [6.07, 6.45) is 4.33. The molecule has 0 atom stereocenters. The molecule has 4 heteroatoms. The number of benzene rings is 1. The first-order chi connectivity index (χ1) is 8.74. The summed E-state index contributed by atoms with van der Waals surface area (Å²) in [5.74, 6) is 1.28. The van der Waals surface area contributed by atoms with E-state index in [1.54, 1.807) is 13.2 Å². The van der Waals surface area contributed by atoms with E-state index < -0.39 is 0 Å². The first-order valence-corrected chi connectivity index (χ1v) is 6.55. The number of ether oxygens (including phenoxy) is 2. The summed E-state index contributed by atoms with van der Waals surface area (Å²) < 4.78 is 10.8. The number of hydrogen-bond acceptors (Lipinski definition) is 2. The molecule has 2 rings (SSSR count). The Kier molecular flexibility index (Phi) is 4.50. The first kappa shape index (κ1) is 13.2. The van der Waals surface area contributed by atoms with E-state index in [4.69, 9.17) is 21.1 Å². The smallest absolute Gasteiger partial charge is 0.180 e. The number of hydrogen-bond donors (Lipinski definition) is 1. The second kappa shape index (κ2) is 6.12. The molecule has 1 aromatic rings. The zero-order valence-corrected chi connectivity index (χ0v) is 11.4. The van der Waals surface area contributed by atoms with E-state index in [1.165, 1.54) is 12.8 Å². The van der Waals surface area contributed by atoms with Crippen molar-refractivity contribution in [1.29, 1.82) is 0 Å². The Morgan fingerprint density at radius 2 is 2.28 bits per heavy atom. The fraction of sp³-hybridized carbons (Fsp3) is 0.429. The number of methoxy groups -OCH3 is 1. The maximum atomic E-state index is 6.23. The molecule has 18 heavy (non-hydrogen) atoms. The topological polar surface area (TPSA) is 35.1 Å². The minimum atomic E-state index is 0.420. The van der Waals surface area contributed by atoms with Crippen molar-refractivity contribution in [2.75, 3.05) is 13.7 Å². The number of nitrogens with two attached hydrogens (primary N) is 1. The van der Waals surface area contributed by atoms with Crippen LogP contribution in [-0.2, 0) is 6.54 Å². The number of rotatable bonds is 7. The molecular weight excluding hydrogens is 250 g/mol. The molecule has 0 radical (unpaired) electrons. The molecule has 0 amide bonds. The monoisotopic (exact) mass is 268 g/mol. The second-order valence-electron chi connectivity index (χ2n) is 4.49. The molecule has 2 N–H and O–H groups in total. The van der Waals surface area contributed by atoms with Crippen molar-refractivity contribution in [3.05, 3.63) is 35.4 Å². The van der Waals surface area contributed by atoms with Crippen LogP contribution in [0, 0.1) is 0 Å². The van der Waals surface area contributed by atoms with Gasteiger partial charge in [-0.15, -0.1) is 0 Å². The molecular formula is C14H19ClNO2+. The summed E-state index contributed by atoms with van der Waals surface area (Å²) in [4.78, 5) is 0. The largest absolute Gasteiger partial charge is 0.493 e. The third kappa shape index (κ3) is 3.40. The van der Waals surface area contributed by atoms with E-state index in [-0.39, 0.29) is 0 Å². The van der Waals surface area contributed by atoms with E-state index in [9.17, 15) is 0 Å². The molecule has 0 spiro atoms. The fourth-order valence-corrected chi connectivity index (χ4v) is 2.10. The predicted octanol–water partition coefficient (Wildman–Crippen LogP) is 2.14. The van der Waals surface area contributed by atoms with Gasteiger partial charge in [0.15, 0.2) is 11.5 Å². The summed E-state index contributed by atoms with van der Waals surface area (Å²) in [6.45, 7) is 4.97. The summed E-state index contributed by atoms with van der Waals surface area (Å²) in [6, 6.07) is 4.73. The van der Waals surface area contributed by atoms with Crippen LogP contribution in [0.4, 0.5) is 0 Å². The van der Waals surface area contributed by atoms with Gasteiger partial charge in [0.1, 0.15) is 13.2 Å². The zero-order valence-electron chi connectivity index (χ0n) is 10.6. The molecule has 0 unspecified atom stereocenters. The van der Waals surface area contributed by atoms with Gasteiger partial charge in [0.25, 0.3) is 0 Å². The van der Waals surface area contributed by atoms with Gasteiger partial charge in [0.2, 0.25) is 0 Å². The van der Waals surface area contributed by atoms with Gasteiger partial charge in [-0.05, 0) is 12.1 Å². The molecule has 0 aromatic heterocycles. The first-order valence-electron chi connectivity index (χ1n) is 6.18. The van der Waals surface area contributed by atoms with Gasteiger partial charge in [-0.3, -0.25) is 0 Å². The SMILES string of the molecule is C=CCOc1c(Cl)cc(C[NH2+]C2CC2)cc1OC. The Labute approximate surface area is 113 Å². The van der Waals surface area contributed by atoms with E-state index >= 15 is 0 Å². The van der Waals surface area contributed by atoms with Crippen LogP contribution in [0.2, 0.25) is 5.02 Å². The lowest BCUT2D eigenvalue weighted by Gasteiger charge is -2.12. The van der Waals surface area contributed by atoms with Gasteiger partial charge in [-0.2, -0.15) is 0 Å². The normalized spacial score (nSPS) is 14.3. The van der Waals surface area contributed by atoms with Gasteiger partial charge < -0.3 is 14.8 Å². The average molecular weight is 269 g/mol. The van der Waals surface area contributed by atoms with Crippen molar-refractivity contribution in [1.82, 2.24) is 0 Å². The van der Waals surface area contributed by atoms with Gasteiger partial charge >= 0.3 is 0 Å². The van der Waals surface area contributed by atoms with Crippen LogP contribution in [-0.4, -0.2) is 19.8 Å². The minimum absolute atomic E-state index is 0.420. The van der Waals surface area contributed by atoms with Crippen molar-refractivity contribution in [2.24, 2.45) is 0 Å². The van der Waals surface area contributed by atoms with E-state index in [0.29, 0.717) is 23.1 Å². The maximum absolute atomic E-state index is 6.23. The van der Waals surface area contributed by atoms with E-state index in [0.717, 1.165) is 18.2 Å².